The zero-order valence-corrected chi connectivity index (χ0v) is 22.1. The van der Waals surface area contributed by atoms with Crippen LogP contribution >= 0.6 is 0 Å². The van der Waals surface area contributed by atoms with Crippen LogP contribution < -0.4 is 10.6 Å². The van der Waals surface area contributed by atoms with Gasteiger partial charge in [-0.2, -0.15) is 0 Å². The standard InChI is InChI=1S/C28H46FN3O4/c1-30-19-25(26(33)21-11-4-3-5-12-21)31-27(34)32-17-10-13-22(20-32)28(35,16-8-9-18-36-2)23-14-6-7-15-24(23)29/h6-7,14-15,21-22,25-26,30,33,35H,3-5,8-13,16-20H2,1-2H3,(H,31,34). The van der Waals surface area contributed by atoms with Crippen molar-refractivity contribution >= 4 is 6.03 Å². The van der Waals surface area contributed by atoms with Crippen LogP contribution in [0.25, 0.3) is 0 Å². The van der Waals surface area contributed by atoms with Gasteiger partial charge in [-0.05, 0) is 64.0 Å². The molecule has 2 fully saturated rings. The van der Waals surface area contributed by atoms with Crippen molar-refractivity contribution in [3.63, 3.8) is 0 Å². The van der Waals surface area contributed by atoms with Crippen molar-refractivity contribution in [3.05, 3.63) is 35.6 Å². The number of carbonyl (C=O) groups excluding carboxylic acids is 1. The summed E-state index contributed by atoms with van der Waals surface area (Å²) in [7, 11) is 3.47. The second-order valence-electron chi connectivity index (χ2n) is 10.6. The van der Waals surface area contributed by atoms with E-state index >= 15 is 0 Å². The molecule has 2 amide bonds. The number of urea groups is 1. The highest BCUT2D eigenvalue weighted by atomic mass is 19.1. The molecule has 1 heterocycles. The summed E-state index contributed by atoms with van der Waals surface area (Å²) in [5.74, 6) is -0.509. The molecule has 1 aliphatic heterocycles. The summed E-state index contributed by atoms with van der Waals surface area (Å²) in [5.41, 5.74) is -1.07. The van der Waals surface area contributed by atoms with Gasteiger partial charge in [0.25, 0.3) is 0 Å². The highest BCUT2D eigenvalue weighted by molar-refractivity contribution is 5.74. The Morgan fingerprint density at radius 3 is 2.64 bits per heavy atom. The predicted molar refractivity (Wildman–Crippen MR) is 139 cm³/mol. The maximum atomic E-state index is 14.9. The van der Waals surface area contributed by atoms with Crippen LogP contribution in [-0.2, 0) is 10.3 Å². The molecule has 4 unspecified atom stereocenters. The minimum absolute atomic E-state index is 0.199. The molecular weight excluding hydrogens is 461 g/mol. The summed E-state index contributed by atoms with van der Waals surface area (Å²) in [6.45, 7) is 1.99. The number of nitrogens with one attached hydrogen (secondary N) is 2. The van der Waals surface area contributed by atoms with Gasteiger partial charge < -0.3 is 30.5 Å². The average molecular weight is 508 g/mol. The molecule has 1 aromatic rings. The normalized spacial score (nSPS) is 22.6. The van der Waals surface area contributed by atoms with Gasteiger partial charge in [0, 0.05) is 44.8 Å². The number of methoxy groups -OCH3 is 1. The molecule has 4 atom stereocenters. The molecule has 1 aromatic carbocycles. The van der Waals surface area contributed by atoms with Crippen LogP contribution in [-0.4, -0.2) is 73.7 Å². The van der Waals surface area contributed by atoms with Crippen molar-refractivity contribution < 1.29 is 24.1 Å². The van der Waals surface area contributed by atoms with Crippen LogP contribution in [0.2, 0.25) is 0 Å². The van der Waals surface area contributed by atoms with Gasteiger partial charge in [-0.1, -0.05) is 37.5 Å². The second-order valence-corrected chi connectivity index (χ2v) is 10.6. The molecule has 204 valence electrons. The third-order valence-corrected chi connectivity index (χ3v) is 8.16. The predicted octanol–water partition coefficient (Wildman–Crippen LogP) is 3.78. The van der Waals surface area contributed by atoms with Crippen LogP contribution in [0.4, 0.5) is 9.18 Å². The Morgan fingerprint density at radius 1 is 1.19 bits per heavy atom. The highest BCUT2D eigenvalue weighted by Crippen LogP contribution is 2.40. The van der Waals surface area contributed by atoms with E-state index in [0.717, 1.165) is 38.5 Å². The van der Waals surface area contributed by atoms with E-state index in [0.29, 0.717) is 51.1 Å². The van der Waals surface area contributed by atoms with Gasteiger partial charge >= 0.3 is 6.03 Å². The molecule has 0 radical (unpaired) electrons. The Labute approximate surface area is 215 Å². The molecular formula is C28H46FN3O4. The van der Waals surface area contributed by atoms with E-state index in [2.05, 4.69) is 10.6 Å². The molecule has 3 rings (SSSR count). The maximum absolute atomic E-state index is 14.9. The third kappa shape index (κ3) is 7.40. The molecule has 1 saturated heterocycles. The summed E-state index contributed by atoms with van der Waals surface area (Å²) in [4.78, 5) is 15.1. The molecule has 7 nitrogen and oxygen atoms in total. The van der Waals surface area contributed by atoms with Gasteiger partial charge in [0.2, 0.25) is 0 Å². The van der Waals surface area contributed by atoms with E-state index < -0.39 is 17.5 Å². The summed E-state index contributed by atoms with van der Waals surface area (Å²) in [6.07, 6.45) is 8.14. The summed E-state index contributed by atoms with van der Waals surface area (Å²) in [5, 5.41) is 29.1. The molecule has 0 bridgehead atoms. The van der Waals surface area contributed by atoms with Crippen molar-refractivity contribution in [1.82, 2.24) is 15.5 Å². The number of hydrogen-bond donors (Lipinski definition) is 4. The van der Waals surface area contributed by atoms with Gasteiger partial charge in [0.15, 0.2) is 0 Å². The Bertz CT molecular complexity index is 807. The van der Waals surface area contributed by atoms with Gasteiger partial charge in [-0.3, -0.25) is 0 Å². The molecule has 0 spiro atoms. The number of hydrogen-bond acceptors (Lipinski definition) is 5. The van der Waals surface area contributed by atoms with Gasteiger partial charge in [-0.25, -0.2) is 9.18 Å². The minimum Gasteiger partial charge on any atom is -0.391 e. The molecule has 1 saturated carbocycles. The van der Waals surface area contributed by atoms with E-state index in [1.165, 1.54) is 12.5 Å². The van der Waals surface area contributed by atoms with Crippen molar-refractivity contribution in [3.8, 4) is 0 Å². The first kappa shape index (κ1) is 28.8. The van der Waals surface area contributed by atoms with Crippen LogP contribution in [0, 0.1) is 17.7 Å². The number of benzene rings is 1. The number of nitrogens with zero attached hydrogens (tertiary/aromatic N) is 1. The first-order chi connectivity index (χ1) is 17.4. The number of rotatable bonds is 12. The van der Waals surface area contributed by atoms with Crippen LogP contribution in [0.5, 0.6) is 0 Å². The molecule has 8 heteroatoms. The Kier molecular flexibility index (Phi) is 11.4. The van der Waals surface area contributed by atoms with Crippen molar-refractivity contribution in [1.29, 1.82) is 0 Å². The summed E-state index contributed by atoms with van der Waals surface area (Å²) < 4.78 is 20.0. The zero-order chi connectivity index (χ0) is 26.0. The Morgan fingerprint density at radius 2 is 1.94 bits per heavy atom. The molecule has 0 aromatic heterocycles. The Hall–Kier alpha value is -1.74. The van der Waals surface area contributed by atoms with Gasteiger partial charge in [0.05, 0.1) is 17.7 Å². The van der Waals surface area contributed by atoms with Crippen molar-refractivity contribution in [2.45, 2.75) is 82.0 Å². The van der Waals surface area contributed by atoms with E-state index in [1.807, 2.05) is 7.05 Å². The van der Waals surface area contributed by atoms with Crippen LogP contribution in [0.15, 0.2) is 24.3 Å². The highest BCUT2D eigenvalue weighted by Gasteiger charge is 2.43. The van der Waals surface area contributed by atoms with Gasteiger partial charge in [0.1, 0.15) is 5.82 Å². The second kappa shape index (κ2) is 14.3. The quantitative estimate of drug-likeness (QED) is 0.323. The lowest BCUT2D eigenvalue weighted by molar-refractivity contribution is -0.0590. The fourth-order valence-electron chi connectivity index (χ4n) is 6.09. The smallest absolute Gasteiger partial charge is 0.317 e. The Balaban J connectivity index is 1.71. The maximum Gasteiger partial charge on any atom is 0.317 e. The van der Waals surface area contributed by atoms with Crippen molar-refractivity contribution in [2.75, 3.05) is 40.4 Å². The molecule has 2 aliphatic rings. The third-order valence-electron chi connectivity index (χ3n) is 8.16. The number of halogens is 1. The van der Waals surface area contributed by atoms with Crippen molar-refractivity contribution in [2.24, 2.45) is 11.8 Å². The monoisotopic (exact) mass is 507 g/mol. The fraction of sp³-hybridized carbons (Fsp3) is 0.750. The molecule has 36 heavy (non-hydrogen) atoms. The number of likely N-dealkylation sites (tertiary alicyclic amines) is 1. The zero-order valence-electron chi connectivity index (χ0n) is 22.1. The number of unbranched alkanes of at least 4 members (excludes halogenated alkanes) is 1. The van der Waals surface area contributed by atoms with Crippen LogP contribution in [0.1, 0.15) is 69.8 Å². The number of likely N-dealkylation sites (N-methyl/N-ethyl adjacent to an activating group) is 1. The van der Waals surface area contributed by atoms with Crippen LogP contribution in [0.3, 0.4) is 0 Å². The number of amides is 2. The molecule has 4 N–H and O–H groups in total. The van der Waals surface area contributed by atoms with Gasteiger partial charge in [-0.15, -0.1) is 0 Å². The average Bonchev–Trinajstić information content (AvgIpc) is 2.91. The number of ether oxygens (including phenoxy) is 1. The topological polar surface area (TPSA) is 94.1 Å². The van der Waals surface area contributed by atoms with E-state index in [4.69, 9.17) is 4.74 Å². The van der Waals surface area contributed by atoms with E-state index in [-0.39, 0.29) is 23.9 Å². The fourth-order valence-corrected chi connectivity index (χ4v) is 6.09. The van der Waals surface area contributed by atoms with E-state index in [9.17, 15) is 19.4 Å². The number of piperidine rings is 1. The lowest BCUT2D eigenvalue weighted by atomic mass is 9.74. The summed E-state index contributed by atoms with van der Waals surface area (Å²) in [6, 6.07) is 5.81. The SMILES string of the molecule is CNCC(NC(=O)N1CCCC(C(O)(CCCCOC)c2ccccc2F)C1)C(O)C1CCCCC1. The van der Waals surface area contributed by atoms with E-state index in [1.54, 1.807) is 30.2 Å². The summed E-state index contributed by atoms with van der Waals surface area (Å²) >= 11 is 0. The number of aliphatic hydroxyl groups is 2. The lowest BCUT2D eigenvalue weighted by Gasteiger charge is -2.43. The molecule has 1 aliphatic carbocycles. The number of aliphatic hydroxyl groups excluding tert-OH is 1. The number of carbonyl (C=O) groups is 1. The lowest BCUT2D eigenvalue weighted by Crippen LogP contribution is -2.57. The first-order valence-corrected chi connectivity index (χ1v) is 13.7. The minimum atomic E-state index is -1.37. The first-order valence-electron chi connectivity index (χ1n) is 13.7. The largest absolute Gasteiger partial charge is 0.391 e.